The largest absolute Gasteiger partial charge is 0.354 e. The zero-order chi connectivity index (χ0) is 18.5. The summed E-state index contributed by atoms with van der Waals surface area (Å²) >= 11 is 6.11. The van der Waals surface area contributed by atoms with Gasteiger partial charge in [-0.2, -0.15) is 0 Å². The summed E-state index contributed by atoms with van der Waals surface area (Å²) < 4.78 is 13.6. The summed E-state index contributed by atoms with van der Waals surface area (Å²) in [7, 11) is 0. The van der Waals surface area contributed by atoms with Crippen LogP contribution >= 0.6 is 11.6 Å². The van der Waals surface area contributed by atoms with Gasteiger partial charge in [0.2, 0.25) is 5.91 Å². The van der Waals surface area contributed by atoms with Crippen LogP contribution in [-0.4, -0.2) is 10.9 Å². The van der Waals surface area contributed by atoms with Gasteiger partial charge in [0.15, 0.2) is 0 Å². The molecule has 0 aliphatic rings. The van der Waals surface area contributed by atoms with Crippen molar-refractivity contribution in [1.82, 2.24) is 4.98 Å². The highest BCUT2D eigenvalue weighted by molar-refractivity contribution is 6.31. The van der Waals surface area contributed by atoms with E-state index in [2.05, 4.69) is 15.6 Å². The molecule has 0 unspecified atom stereocenters. The van der Waals surface area contributed by atoms with E-state index < -0.39 is 5.82 Å². The van der Waals surface area contributed by atoms with E-state index >= 15 is 0 Å². The third kappa shape index (κ3) is 4.58. The molecule has 0 bridgehead atoms. The molecule has 0 fully saturated rings. The van der Waals surface area contributed by atoms with Gasteiger partial charge in [0.25, 0.3) is 0 Å². The summed E-state index contributed by atoms with van der Waals surface area (Å²) in [5, 5.41) is 6.53. The maximum atomic E-state index is 13.6. The van der Waals surface area contributed by atoms with Crippen LogP contribution in [0.4, 0.5) is 21.6 Å². The molecule has 0 aliphatic carbocycles. The van der Waals surface area contributed by atoms with E-state index in [0.29, 0.717) is 16.4 Å². The van der Waals surface area contributed by atoms with Gasteiger partial charge >= 0.3 is 0 Å². The minimum atomic E-state index is -0.396. The summed E-state index contributed by atoms with van der Waals surface area (Å²) in [6, 6.07) is 15.4. The van der Waals surface area contributed by atoms with E-state index in [1.807, 2.05) is 25.1 Å². The SMILES string of the molecule is Cc1ccc(Nc2ccc(NC(=O)Cc3ccccc3F)nc2)cc1Cl. The molecule has 26 heavy (non-hydrogen) atoms. The molecule has 0 spiro atoms. The van der Waals surface area contributed by atoms with Crippen LogP contribution in [0.1, 0.15) is 11.1 Å². The Morgan fingerprint density at radius 1 is 1.12 bits per heavy atom. The van der Waals surface area contributed by atoms with E-state index in [1.165, 1.54) is 6.07 Å². The molecule has 2 aromatic carbocycles. The standard InChI is InChI=1S/C20H17ClFN3O/c1-13-6-7-15(11-17(13)21)24-16-8-9-19(23-12-16)25-20(26)10-14-4-2-3-5-18(14)22/h2-9,11-12,24H,10H2,1H3,(H,23,25,26). The molecule has 0 aliphatic heterocycles. The van der Waals surface area contributed by atoms with Gasteiger partial charge in [-0.15, -0.1) is 0 Å². The second-order valence-corrected chi connectivity index (χ2v) is 6.24. The fourth-order valence-corrected chi connectivity index (χ4v) is 2.56. The fourth-order valence-electron chi connectivity index (χ4n) is 2.38. The summed E-state index contributed by atoms with van der Waals surface area (Å²) in [5.41, 5.74) is 2.96. The Labute approximate surface area is 156 Å². The highest BCUT2D eigenvalue weighted by Gasteiger charge is 2.08. The maximum Gasteiger partial charge on any atom is 0.230 e. The molecule has 0 radical (unpaired) electrons. The lowest BCUT2D eigenvalue weighted by molar-refractivity contribution is -0.115. The molecule has 0 saturated heterocycles. The van der Waals surface area contributed by atoms with Crippen molar-refractivity contribution >= 4 is 34.7 Å². The van der Waals surface area contributed by atoms with Gasteiger partial charge in [0.05, 0.1) is 18.3 Å². The van der Waals surface area contributed by atoms with E-state index in [9.17, 15) is 9.18 Å². The van der Waals surface area contributed by atoms with E-state index in [0.717, 1.165) is 16.9 Å². The number of aryl methyl sites for hydroxylation is 1. The average molecular weight is 370 g/mol. The maximum absolute atomic E-state index is 13.6. The second kappa shape index (κ2) is 7.97. The first-order valence-electron chi connectivity index (χ1n) is 8.04. The Morgan fingerprint density at radius 2 is 1.88 bits per heavy atom. The number of carbonyl (C=O) groups is 1. The highest BCUT2D eigenvalue weighted by Crippen LogP contribution is 2.23. The number of hydrogen-bond acceptors (Lipinski definition) is 3. The molecule has 1 heterocycles. The van der Waals surface area contributed by atoms with Crippen LogP contribution in [0.3, 0.4) is 0 Å². The van der Waals surface area contributed by atoms with Crippen LogP contribution in [0.2, 0.25) is 5.02 Å². The van der Waals surface area contributed by atoms with Crippen molar-refractivity contribution in [3.63, 3.8) is 0 Å². The quantitative estimate of drug-likeness (QED) is 0.657. The monoisotopic (exact) mass is 369 g/mol. The van der Waals surface area contributed by atoms with Crippen molar-refractivity contribution in [2.45, 2.75) is 13.3 Å². The number of aromatic nitrogens is 1. The zero-order valence-corrected chi connectivity index (χ0v) is 14.8. The van der Waals surface area contributed by atoms with E-state index in [-0.39, 0.29) is 12.3 Å². The zero-order valence-electron chi connectivity index (χ0n) is 14.1. The molecule has 0 atom stereocenters. The number of anilines is 3. The minimum absolute atomic E-state index is 0.0454. The number of hydrogen-bond donors (Lipinski definition) is 2. The van der Waals surface area contributed by atoms with Crippen LogP contribution in [-0.2, 0) is 11.2 Å². The number of amides is 1. The molecule has 0 saturated carbocycles. The molecular weight excluding hydrogens is 353 g/mol. The molecule has 3 rings (SSSR count). The molecule has 3 aromatic rings. The number of nitrogens with zero attached hydrogens (tertiary/aromatic N) is 1. The molecular formula is C20H17ClFN3O. The van der Waals surface area contributed by atoms with Crippen molar-refractivity contribution in [2.24, 2.45) is 0 Å². The third-order valence-electron chi connectivity index (χ3n) is 3.80. The van der Waals surface area contributed by atoms with Gasteiger partial charge in [0.1, 0.15) is 11.6 Å². The Kier molecular flexibility index (Phi) is 5.49. The van der Waals surface area contributed by atoms with Gasteiger partial charge in [-0.1, -0.05) is 35.9 Å². The minimum Gasteiger partial charge on any atom is -0.354 e. The Balaban J connectivity index is 1.61. The fraction of sp³-hybridized carbons (Fsp3) is 0.100. The normalized spacial score (nSPS) is 10.4. The van der Waals surface area contributed by atoms with Crippen LogP contribution in [0.5, 0.6) is 0 Å². The number of benzene rings is 2. The Hall–Kier alpha value is -2.92. The lowest BCUT2D eigenvalue weighted by Crippen LogP contribution is -2.16. The highest BCUT2D eigenvalue weighted by atomic mass is 35.5. The predicted molar refractivity (Wildman–Crippen MR) is 102 cm³/mol. The summed E-state index contributed by atoms with van der Waals surface area (Å²) in [5.74, 6) is -0.320. The first kappa shape index (κ1) is 17.9. The molecule has 1 amide bonds. The summed E-state index contributed by atoms with van der Waals surface area (Å²) in [6.45, 7) is 1.94. The van der Waals surface area contributed by atoms with Crippen molar-refractivity contribution < 1.29 is 9.18 Å². The molecule has 2 N–H and O–H groups in total. The van der Waals surface area contributed by atoms with Gasteiger partial charge in [0, 0.05) is 10.7 Å². The topological polar surface area (TPSA) is 54.0 Å². The van der Waals surface area contributed by atoms with Crippen LogP contribution in [0.25, 0.3) is 0 Å². The van der Waals surface area contributed by atoms with Crippen molar-refractivity contribution in [3.8, 4) is 0 Å². The molecule has 1 aromatic heterocycles. The van der Waals surface area contributed by atoms with Gasteiger partial charge < -0.3 is 10.6 Å². The van der Waals surface area contributed by atoms with Crippen LogP contribution in [0.15, 0.2) is 60.8 Å². The number of pyridine rings is 1. The van der Waals surface area contributed by atoms with Gasteiger partial charge in [-0.05, 0) is 48.4 Å². The lowest BCUT2D eigenvalue weighted by atomic mass is 10.1. The van der Waals surface area contributed by atoms with Crippen molar-refractivity contribution in [1.29, 1.82) is 0 Å². The first-order chi connectivity index (χ1) is 12.5. The summed E-state index contributed by atoms with van der Waals surface area (Å²) in [4.78, 5) is 16.2. The van der Waals surface area contributed by atoms with Crippen LogP contribution < -0.4 is 10.6 Å². The number of halogens is 2. The smallest absolute Gasteiger partial charge is 0.230 e. The lowest BCUT2D eigenvalue weighted by Gasteiger charge is -2.09. The number of carbonyl (C=O) groups excluding carboxylic acids is 1. The molecule has 132 valence electrons. The molecule has 6 heteroatoms. The third-order valence-corrected chi connectivity index (χ3v) is 4.21. The van der Waals surface area contributed by atoms with E-state index in [1.54, 1.807) is 36.5 Å². The summed E-state index contributed by atoms with van der Waals surface area (Å²) in [6.07, 6.45) is 1.56. The predicted octanol–water partition coefficient (Wildman–Crippen LogP) is 5.11. The van der Waals surface area contributed by atoms with Gasteiger partial charge in [-0.3, -0.25) is 4.79 Å². The Morgan fingerprint density at radius 3 is 2.58 bits per heavy atom. The first-order valence-corrected chi connectivity index (χ1v) is 8.41. The van der Waals surface area contributed by atoms with Crippen LogP contribution in [0, 0.1) is 12.7 Å². The number of nitrogens with one attached hydrogen (secondary N) is 2. The van der Waals surface area contributed by atoms with Crippen molar-refractivity contribution in [2.75, 3.05) is 10.6 Å². The average Bonchev–Trinajstić information content (AvgIpc) is 2.62. The second-order valence-electron chi connectivity index (χ2n) is 5.84. The van der Waals surface area contributed by atoms with Gasteiger partial charge in [-0.25, -0.2) is 9.37 Å². The van der Waals surface area contributed by atoms with Crippen molar-refractivity contribution in [3.05, 3.63) is 82.8 Å². The van der Waals surface area contributed by atoms with E-state index in [4.69, 9.17) is 11.6 Å². The Bertz CT molecular complexity index is 929. The number of rotatable bonds is 5. The molecule has 4 nitrogen and oxygen atoms in total.